The summed E-state index contributed by atoms with van der Waals surface area (Å²) in [7, 11) is 0. The molecule has 108 valence electrons. The minimum absolute atomic E-state index is 0.0407. The summed E-state index contributed by atoms with van der Waals surface area (Å²) in [5.41, 5.74) is 0.0407. The van der Waals surface area contributed by atoms with Gasteiger partial charge < -0.3 is 14.8 Å². The van der Waals surface area contributed by atoms with Crippen molar-refractivity contribution in [1.82, 2.24) is 5.32 Å². The summed E-state index contributed by atoms with van der Waals surface area (Å²) in [5, 5.41) is 3.47. The van der Waals surface area contributed by atoms with Crippen molar-refractivity contribution in [3.8, 4) is 0 Å². The van der Waals surface area contributed by atoms with E-state index in [4.69, 9.17) is 9.47 Å². The molecule has 1 rings (SSSR count). The van der Waals surface area contributed by atoms with Crippen molar-refractivity contribution in [2.75, 3.05) is 26.3 Å². The Morgan fingerprint density at radius 3 is 2.50 bits per heavy atom. The van der Waals surface area contributed by atoms with Crippen molar-refractivity contribution in [3.05, 3.63) is 0 Å². The van der Waals surface area contributed by atoms with Crippen LogP contribution in [-0.2, 0) is 9.47 Å². The molecule has 18 heavy (non-hydrogen) atoms. The maximum absolute atomic E-state index is 6.34. The number of likely N-dealkylation sites (N-methyl/N-ethyl adjacent to an activating group) is 1. The van der Waals surface area contributed by atoms with E-state index in [2.05, 4.69) is 26.1 Å². The van der Waals surface area contributed by atoms with Gasteiger partial charge in [0.05, 0.1) is 18.3 Å². The van der Waals surface area contributed by atoms with E-state index < -0.39 is 0 Å². The van der Waals surface area contributed by atoms with Gasteiger partial charge in [-0.25, -0.2) is 0 Å². The van der Waals surface area contributed by atoms with Crippen molar-refractivity contribution in [3.63, 3.8) is 0 Å². The Bertz CT molecular complexity index is 207. The molecular weight excluding hydrogens is 226 g/mol. The third-order valence-electron chi connectivity index (χ3n) is 3.89. The summed E-state index contributed by atoms with van der Waals surface area (Å²) in [5.74, 6) is 0.852. The van der Waals surface area contributed by atoms with E-state index in [-0.39, 0.29) is 11.7 Å². The van der Waals surface area contributed by atoms with E-state index in [9.17, 15) is 0 Å². The highest BCUT2D eigenvalue weighted by Crippen LogP contribution is 2.35. The zero-order valence-corrected chi connectivity index (χ0v) is 12.6. The van der Waals surface area contributed by atoms with Crippen LogP contribution in [0, 0.1) is 5.92 Å². The molecule has 0 saturated heterocycles. The van der Waals surface area contributed by atoms with Gasteiger partial charge in [0.1, 0.15) is 0 Å². The van der Waals surface area contributed by atoms with Crippen molar-refractivity contribution in [1.29, 1.82) is 0 Å². The Balaban J connectivity index is 2.49. The molecule has 0 amide bonds. The van der Waals surface area contributed by atoms with Gasteiger partial charge in [0.25, 0.3) is 0 Å². The Morgan fingerprint density at radius 2 is 1.94 bits per heavy atom. The molecule has 3 nitrogen and oxygen atoms in total. The first-order chi connectivity index (χ1) is 8.62. The van der Waals surface area contributed by atoms with E-state index in [1.54, 1.807) is 0 Å². The van der Waals surface area contributed by atoms with Crippen LogP contribution in [0.4, 0.5) is 0 Å². The lowest BCUT2D eigenvalue weighted by Crippen LogP contribution is -2.48. The Morgan fingerprint density at radius 1 is 1.28 bits per heavy atom. The summed E-state index contributed by atoms with van der Waals surface area (Å²) < 4.78 is 11.8. The molecule has 0 aromatic carbocycles. The quantitative estimate of drug-likeness (QED) is 0.725. The van der Waals surface area contributed by atoms with Gasteiger partial charge in [-0.15, -0.1) is 0 Å². The Labute approximate surface area is 113 Å². The third-order valence-corrected chi connectivity index (χ3v) is 3.89. The Hall–Kier alpha value is -0.120. The Kier molecular flexibility index (Phi) is 7.20. The van der Waals surface area contributed by atoms with Gasteiger partial charge in [-0.3, -0.25) is 0 Å². The monoisotopic (exact) mass is 257 g/mol. The molecule has 0 bridgehead atoms. The van der Waals surface area contributed by atoms with Crippen LogP contribution in [-0.4, -0.2) is 38.0 Å². The second-order valence-electron chi connectivity index (χ2n) is 5.73. The van der Waals surface area contributed by atoms with Crippen molar-refractivity contribution in [2.45, 2.75) is 65.1 Å². The highest BCUT2D eigenvalue weighted by atomic mass is 16.5. The van der Waals surface area contributed by atoms with Gasteiger partial charge >= 0.3 is 0 Å². The van der Waals surface area contributed by atoms with Gasteiger partial charge in [-0.05, 0) is 52.0 Å². The molecule has 1 aliphatic rings. The largest absolute Gasteiger partial charge is 0.379 e. The molecule has 1 unspecified atom stereocenters. The summed E-state index contributed by atoms with van der Waals surface area (Å²) in [6.07, 6.45) is 5.12. The number of hydrogen-bond acceptors (Lipinski definition) is 3. The van der Waals surface area contributed by atoms with Crippen LogP contribution in [0.3, 0.4) is 0 Å². The number of rotatable bonds is 8. The minimum atomic E-state index is 0.0407. The molecule has 0 heterocycles. The van der Waals surface area contributed by atoms with Crippen LogP contribution in [0.25, 0.3) is 0 Å². The van der Waals surface area contributed by atoms with Crippen LogP contribution in [0.1, 0.15) is 53.4 Å². The molecule has 1 saturated carbocycles. The summed E-state index contributed by atoms with van der Waals surface area (Å²) >= 11 is 0. The van der Waals surface area contributed by atoms with E-state index in [0.717, 1.165) is 25.6 Å². The van der Waals surface area contributed by atoms with E-state index in [0.29, 0.717) is 6.61 Å². The van der Waals surface area contributed by atoms with Crippen LogP contribution in [0.2, 0.25) is 0 Å². The topological polar surface area (TPSA) is 30.5 Å². The molecule has 1 N–H and O–H groups in total. The van der Waals surface area contributed by atoms with Crippen LogP contribution in [0.5, 0.6) is 0 Å². The molecule has 1 aliphatic carbocycles. The lowest BCUT2D eigenvalue weighted by Gasteiger charge is -2.41. The van der Waals surface area contributed by atoms with Crippen molar-refractivity contribution in [2.24, 2.45) is 5.92 Å². The van der Waals surface area contributed by atoms with Gasteiger partial charge in [0.2, 0.25) is 0 Å². The standard InChI is InChI=1S/C15H31NO2/c1-5-16-12-15(9-7-13(3)8-10-15)18-14(4)11-17-6-2/h13-14,16H,5-12H2,1-4H3. The van der Waals surface area contributed by atoms with E-state index in [1.165, 1.54) is 25.7 Å². The lowest BCUT2D eigenvalue weighted by atomic mass is 9.79. The van der Waals surface area contributed by atoms with Gasteiger partial charge in [0.15, 0.2) is 0 Å². The summed E-state index contributed by atoms with van der Waals surface area (Å²) in [6, 6.07) is 0. The van der Waals surface area contributed by atoms with Crippen LogP contribution < -0.4 is 5.32 Å². The second-order valence-corrected chi connectivity index (χ2v) is 5.73. The van der Waals surface area contributed by atoms with E-state index in [1.807, 2.05) is 6.92 Å². The normalized spacial score (nSPS) is 30.3. The lowest BCUT2D eigenvalue weighted by molar-refractivity contribution is -0.130. The first kappa shape index (κ1) is 15.9. The van der Waals surface area contributed by atoms with Gasteiger partial charge in [-0.1, -0.05) is 13.8 Å². The maximum atomic E-state index is 6.34. The molecule has 1 fully saturated rings. The summed E-state index contributed by atoms with van der Waals surface area (Å²) in [4.78, 5) is 0. The molecule has 0 spiro atoms. The zero-order chi connectivity index (χ0) is 13.4. The summed E-state index contributed by atoms with van der Waals surface area (Å²) in [6.45, 7) is 12.1. The molecule has 1 atom stereocenters. The maximum Gasteiger partial charge on any atom is 0.0811 e. The first-order valence-corrected chi connectivity index (χ1v) is 7.58. The molecule has 0 aromatic heterocycles. The highest BCUT2D eigenvalue weighted by Gasteiger charge is 2.36. The molecule has 0 aliphatic heterocycles. The average Bonchev–Trinajstić information content (AvgIpc) is 2.37. The van der Waals surface area contributed by atoms with E-state index >= 15 is 0 Å². The smallest absolute Gasteiger partial charge is 0.0811 e. The zero-order valence-electron chi connectivity index (χ0n) is 12.6. The first-order valence-electron chi connectivity index (χ1n) is 7.58. The number of ether oxygens (including phenoxy) is 2. The average molecular weight is 257 g/mol. The number of nitrogens with one attached hydrogen (secondary N) is 1. The fourth-order valence-electron chi connectivity index (χ4n) is 2.72. The van der Waals surface area contributed by atoms with Crippen molar-refractivity contribution < 1.29 is 9.47 Å². The second kappa shape index (κ2) is 8.13. The van der Waals surface area contributed by atoms with Crippen LogP contribution in [0.15, 0.2) is 0 Å². The predicted molar refractivity (Wildman–Crippen MR) is 75.9 cm³/mol. The SMILES string of the molecule is CCNCC1(OC(C)COCC)CCC(C)CC1. The number of hydrogen-bond donors (Lipinski definition) is 1. The predicted octanol–water partition coefficient (Wildman–Crippen LogP) is 2.99. The van der Waals surface area contributed by atoms with Gasteiger partial charge in [0, 0.05) is 13.2 Å². The highest BCUT2D eigenvalue weighted by molar-refractivity contribution is 4.89. The van der Waals surface area contributed by atoms with Crippen molar-refractivity contribution >= 4 is 0 Å². The molecular formula is C15H31NO2. The molecule has 3 heteroatoms. The minimum Gasteiger partial charge on any atom is -0.379 e. The molecule has 0 radical (unpaired) electrons. The fraction of sp³-hybridized carbons (Fsp3) is 1.00. The fourth-order valence-corrected chi connectivity index (χ4v) is 2.72. The van der Waals surface area contributed by atoms with Gasteiger partial charge in [-0.2, -0.15) is 0 Å². The third kappa shape index (κ3) is 5.25. The molecule has 0 aromatic rings. The van der Waals surface area contributed by atoms with Crippen LogP contribution >= 0.6 is 0 Å².